The minimum atomic E-state index is -0.218. The summed E-state index contributed by atoms with van der Waals surface area (Å²) >= 11 is 3.40. The number of anilines is 1. The van der Waals surface area contributed by atoms with Crippen LogP contribution < -0.4 is 4.90 Å². The van der Waals surface area contributed by atoms with Gasteiger partial charge in [0.05, 0.1) is 10.2 Å². The van der Waals surface area contributed by atoms with Gasteiger partial charge in [0.15, 0.2) is 5.13 Å². The molecule has 158 valence electrons. The molecule has 1 amide bonds. The second-order valence-corrected chi connectivity index (χ2v) is 9.85. The molecule has 0 bridgehead atoms. The molecule has 30 heavy (non-hydrogen) atoms. The quantitative estimate of drug-likeness (QED) is 0.384. The monoisotopic (exact) mass is 443 g/mol. The molecule has 0 atom stereocenters. The number of piperazine rings is 1. The Morgan fingerprint density at radius 1 is 1.10 bits per heavy atom. The van der Waals surface area contributed by atoms with Crippen LogP contribution in [0.1, 0.15) is 24.0 Å². The van der Waals surface area contributed by atoms with Gasteiger partial charge in [0.1, 0.15) is 5.82 Å². The van der Waals surface area contributed by atoms with Crippen LogP contribution in [0.5, 0.6) is 0 Å². The summed E-state index contributed by atoms with van der Waals surface area (Å²) in [7, 11) is 0. The molecule has 0 unspecified atom stereocenters. The number of thioether (sulfide) groups is 1. The third-order valence-electron chi connectivity index (χ3n) is 5.51. The minimum Gasteiger partial charge on any atom is -0.345 e. The molecule has 7 heteroatoms. The highest BCUT2D eigenvalue weighted by Gasteiger charge is 2.23. The zero-order chi connectivity index (χ0) is 21.1. The van der Waals surface area contributed by atoms with Crippen LogP contribution in [0.3, 0.4) is 0 Å². The van der Waals surface area contributed by atoms with Crippen molar-refractivity contribution in [2.24, 2.45) is 0 Å². The van der Waals surface area contributed by atoms with Crippen LogP contribution in [-0.4, -0.2) is 47.7 Å². The molecule has 3 aromatic rings. The number of benzene rings is 2. The summed E-state index contributed by atoms with van der Waals surface area (Å²) in [6, 6.07) is 10.9. The molecule has 2 aromatic carbocycles. The van der Waals surface area contributed by atoms with E-state index in [0.29, 0.717) is 6.42 Å². The number of halogens is 1. The van der Waals surface area contributed by atoms with Gasteiger partial charge in [0, 0.05) is 37.5 Å². The van der Waals surface area contributed by atoms with Gasteiger partial charge in [0.25, 0.3) is 0 Å². The second kappa shape index (κ2) is 9.35. The predicted octanol–water partition coefficient (Wildman–Crippen LogP) is 5.27. The Labute approximate surface area is 185 Å². The molecule has 0 radical (unpaired) electrons. The molecular formula is C23H26FN3OS2. The summed E-state index contributed by atoms with van der Waals surface area (Å²) in [6.07, 6.45) is 1.39. The highest BCUT2D eigenvalue weighted by atomic mass is 32.2. The molecule has 0 saturated carbocycles. The van der Waals surface area contributed by atoms with Crippen molar-refractivity contribution >= 4 is 44.4 Å². The van der Waals surface area contributed by atoms with Crippen molar-refractivity contribution in [3.8, 4) is 0 Å². The van der Waals surface area contributed by atoms with E-state index in [1.54, 1.807) is 35.2 Å². The van der Waals surface area contributed by atoms with Gasteiger partial charge in [-0.15, -0.1) is 11.8 Å². The normalized spacial score (nSPS) is 14.5. The van der Waals surface area contributed by atoms with Crippen LogP contribution in [-0.2, 0) is 4.79 Å². The first-order valence-electron chi connectivity index (χ1n) is 10.3. The lowest BCUT2D eigenvalue weighted by Gasteiger charge is -2.34. The fraction of sp³-hybridized carbons (Fsp3) is 0.391. The SMILES string of the molecule is Cc1cc2nc(N3CCN(C(=O)CCCSc4ccc(F)cc4)CC3)sc2cc1C. The highest BCUT2D eigenvalue weighted by Crippen LogP contribution is 2.31. The van der Waals surface area contributed by atoms with Gasteiger partial charge in [-0.25, -0.2) is 9.37 Å². The number of aryl methyl sites for hydroxylation is 2. The number of fused-ring (bicyclic) bond motifs is 1. The Morgan fingerprint density at radius 2 is 1.80 bits per heavy atom. The van der Waals surface area contributed by atoms with Gasteiger partial charge in [-0.3, -0.25) is 4.79 Å². The lowest BCUT2D eigenvalue weighted by atomic mass is 10.1. The maximum atomic E-state index is 12.9. The predicted molar refractivity (Wildman–Crippen MR) is 124 cm³/mol. The smallest absolute Gasteiger partial charge is 0.222 e. The molecule has 0 aliphatic carbocycles. The number of amides is 1. The van der Waals surface area contributed by atoms with Crippen LogP contribution in [0.15, 0.2) is 41.3 Å². The molecular weight excluding hydrogens is 417 g/mol. The number of carbonyl (C=O) groups excluding carboxylic acids is 1. The maximum Gasteiger partial charge on any atom is 0.222 e. The van der Waals surface area contributed by atoms with E-state index in [2.05, 4.69) is 30.9 Å². The number of thiazole rings is 1. The third kappa shape index (κ3) is 4.95. The third-order valence-corrected chi connectivity index (χ3v) is 7.69. The molecule has 4 rings (SSSR count). The standard InChI is InChI=1S/C23H26FN3OS2/c1-16-14-20-21(15-17(16)2)30-23(25-20)27-11-9-26(10-12-27)22(28)4-3-13-29-19-7-5-18(24)6-8-19/h5-8,14-15H,3-4,9-13H2,1-2H3. The van der Waals surface area contributed by atoms with Crippen molar-refractivity contribution < 1.29 is 9.18 Å². The number of hydrogen-bond donors (Lipinski definition) is 0. The summed E-state index contributed by atoms with van der Waals surface area (Å²) < 4.78 is 14.2. The number of hydrogen-bond acceptors (Lipinski definition) is 5. The van der Waals surface area contributed by atoms with Crippen LogP contribution in [0.25, 0.3) is 10.2 Å². The Morgan fingerprint density at radius 3 is 2.53 bits per heavy atom. The summed E-state index contributed by atoms with van der Waals surface area (Å²) in [5.74, 6) is 0.872. The fourth-order valence-electron chi connectivity index (χ4n) is 3.55. The molecule has 1 aromatic heterocycles. The average Bonchev–Trinajstić information content (AvgIpc) is 3.15. The molecule has 0 N–H and O–H groups in total. The number of aromatic nitrogens is 1. The van der Waals surface area contributed by atoms with E-state index in [1.165, 1.54) is 28.0 Å². The van der Waals surface area contributed by atoms with Crippen molar-refractivity contribution in [1.82, 2.24) is 9.88 Å². The van der Waals surface area contributed by atoms with Gasteiger partial charge in [0.2, 0.25) is 5.91 Å². The first-order valence-corrected chi connectivity index (χ1v) is 12.1. The Balaban J connectivity index is 1.24. The average molecular weight is 444 g/mol. The largest absolute Gasteiger partial charge is 0.345 e. The lowest BCUT2D eigenvalue weighted by Crippen LogP contribution is -2.48. The van der Waals surface area contributed by atoms with Crippen molar-refractivity contribution in [2.45, 2.75) is 31.6 Å². The molecule has 0 spiro atoms. The van der Waals surface area contributed by atoms with Crippen molar-refractivity contribution in [3.05, 3.63) is 53.3 Å². The van der Waals surface area contributed by atoms with Gasteiger partial charge in [-0.2, -0.15) is 0 Å². The van der Waals surface area contributed by atoms with Gasteiger partial charge in [-0.05, 0) is 73.5 Å². The van der Waals surface area contributed by atoms with Crippen LogP contribution in [0.4, 0.5) is 9.52 Å². The van der Waals surface area contributed by atoms with E-state index in [1.807, 2.05) is 4.90 Å². The second-order valence-electron chi connectivity index (χ2n) is 7.67. The van der Waals surface area contributed by atoms with E-state index in [-0.39, 0.29) is 11.7 Å². The molecule has 1 aliphatic heterocycles. The summed E-state index contributed by atoms with van der Waals surface area (Å²) in [5.41, 5.74) is 3.63. The Bertz CT molecular complexity index is 988. The van der Waals surface area contributed by atoms with Gasteiger partial charge >= 0.3 is 0 Å². The van der Waals surface area contributed by atoms with E-state index in [4.69, 9.17) is 4.98 Å². The summed E-state index contributed by atoms with van der Waals surface area (Å²) in [4.78, 5) is 22.7. The Hall–Kier alpha value is -2.12. The molecule has 1 fully saturated rings. The van der Waals surface area contributed by atoms with Gasteiger partial charge in [-0.1, -0.05) is 11.3 Å². The highest BCUT2D eigenvalue weighted by molar-refractivity contribution is 7.99. The lowest BCUT2D eigenvalue weighted by molar-refractivity contribution is -0.131. The summed E-state index contributed by atoms with van der Waals surface area (Å²) in [6.45, 7) is 7.41. The fourth-order valence-corrected chi connectivity index (χ4v) is 5.50. The number of carbonyl (C=O) groups is 1. The van der Waals surface area contributed by atoms with Crippen LogP contribution in [0, 0.1) is 19.7 Å². The topological polar surface area (TPSA) is 36.4 Å². The van der Waals surface area contributed by atoms with E-state index in [9.17, 15) is 9.18 Å². The zero-order valence-electron chi connectivity index (χ0n) is 17.4. The van der Waals surface area contributed by atoms with Crippen molar-refractivity contribution in [2.75, 3.05) is 36.8 Å². The Kier molecular flexibility index (Phi) is 6.58. The molecule has 1 aliphatic rings. The zero-order valence-corrected chi connectivity index (χ0v) is 19.0. The molecule has 2 heterocycles. The summed E-state index contributed by atoms with van der Waals surface area (Å²) in [5, 5.41) is 1.05. The molecule has 1 saturated heterocycles. The van der Waals surface area contributed by atoms with E-state index in [0.717, 1.165) is 53.9 Å². The van der Waals surface area contributed by atoms with E-state index >= 15 is 0 Å². The first-order chi connectivity index (χ1) is 14.5. The number of nitrogens with zero attached hydrogens (tertiary/aromatic N) is 3. The van der Waals surface area contributed by atoms with E-state index < -0.39 is 0 Å². The van der Waals surface area contributed by atoms with Crippen molar-refractivity contribution in [3.63, 3.8) is 0 Å². The molecule has 4 nitrogen and oxygen atoms in total. The first kappa shape index (κ1) is 21.1. The van der Waals surface area contributed by atoms with Crippen molar-refractivity contribution in [1.29, 1.82) is 0 Å². The number of rotatable bonds is 6. The van der Waals surface area contributed by atoms with Gasteiger partial charge < -0.3 is 9.80 Å². The minimum absolute atomic E-state index is 0.218. The maximum absolute atomic E-state index is 12.9. The van der Waals surface area contributed by atoms with Crippen LogP contribution in [0.2, 0.25) is 0 Å². The van der Waals surface area contributed by atoms with Crippen LogP contribution >= 0.6 is 23.1 Å².